The van der Waals surface area contributed by atoms with E-state index in [1.165, 1.54) is 18.9 Å². The molecule has 13 heteroatoms. The number of thioether (sulfide) groups is 1. The van der Waals surface area contributed by atoms with Crippen LogP contribution < -0.4 is 10.6 Å². The highest BCUT2D eigenvalue weighted by atomic mass is 32.2. The van der Waals surface area contributed by atoms with E-state index in [-0.39, 0.29) is 31.3 Å². The first-order valence-corrected chi connectivity index (χ1v) is 15.9. The van der Waals surface area contributed by atoms with E-state index >= 15 is 0 Å². The Morgan fingerprint density at radius 1 is 0.978 bits per heavy atom. The zero-order valence-corrected chi connectivity index (χ0v) is 26.7. The van der Waals surface area contributed by atoms with Gasteiger partial charge in [-0.3, -0.25) is 0 Å². The van der Waals surface area contributed by atoms with Crippen LogP contribution in [-0.2, 0) is 45.6 Å². The van der Waals surface area contributed by atoms with Crippen molar-refractivity contribution < 1.29 is 28.9 Å². The van der Waals surface area contributed by atoms with Gasteiger partial charge in [0.05, 0.1) is 25.9 Å². The van der Waals surface area contributed by atoms with Crippen LogP contribution in [0.4, 0.5) is 4.79 Å². The van der Waals surface area contributed by atoms with Gasteiger partial charge in [-0.2, -0.15) is 0 Å². The minimum Gasteiger partial charge on any atom is -0.467 e. The summed E-state index contributed by atoms with van der Waals surface area (Å²) in [4.78, 5) is 25.0. The van der Waals surface area contributed by atoms with E-state index < -0.39 is 24.3 Å². The molecule has 4 aromatic rings. The Bertz CT molecular complexity index is 1570. The minimum absolute atomic E-state index is 0.0163. The lowest BCUT2D eigenvalue weighted by atomic mass is 9.91. The third-order valence-corrected chi connectivity index (χ3v) is 8.96. The Kier molecular flexibility index (Phi) is 11.4. The van der Waals surface area contributed by atoms with Crippen molar-refractivity contribution in [3.8, 4) is 0 Å². The first kappa shape index (κ1) is 33.1. The lowest BCUT2D eigenvalue weighted by Crippen LogP contribution is -2.47. The second-order valence-electron chi connectivity index (χ2n) is 11.1. The van der Waals surface area contributed by atoms with Crippen LogP contribution >= 0.6 is 11.8 Å². The Labute approximate surface area is 271 Å². The largest absolute Gasteiger partial charge is 0.467 e. The van der Waals surface area contributed by atoms with Crippen molar-refractivity contribution in [3.63, 3.8) is 0 Å². The van der Waals surface area contributed by atoms with Gasteiger partial charge in [0.25, 0.3) is 0 Å². The van der Waals surface area contributed by atoms with Crippen molar-refractivity contribution >= 4 is 23.8 Å². The van der Waals surface area contributed by atoms with Crippen molar-refractivity contribution in [2.45, 2.75) is 56.2 Å². The first-order chi connectivity index (χ1) is 22.3. The number of aliphatic hydroxyl groups excluding tert-OH is 1. The first-order valence-electron chi connectivity index (χ1n) is 14.9. The molecule has 0 saturated carbocycles. The molecule has 0 radical (unpaired) electrons. The third kappa shape index (κ3) is 8.49. The van der Waals surface area contributed by atoms with Crippen LogP contribution in [0.25, 0.3) is 0 Å². The molecule has 1 aliphatic rings. The zero-order valence-electron chi connectivity index (χ0n) is 25.9. The maximum atomic E-state index is 12.7. The number of rotatable bonds is 12. The fourth-order valence-electron chi connectivity index (χ4n) is 5.18. The van der Waals surface area contributed by atoms with Crippen molar-refractivity contribution in [2.24, 2.45) is 13.0 Å². The smallest absolute Gasteiger partial charge is 0.328 e. The number of urea groups is 1. The van der Waals surface area contributed by atoms with Crippen LogP contribution in [0.2, 0.25) is 0 Å². The summed E-state index contributed by atoms with van der Waals surface area (Å²) in [6.45, 7) is 2.32. The summed E-state index contributed by atoms with van der Waals surface area (Å²) in [6, 6.07) is 23.6. The van der Waals surface area contributed by atoms with E-state index in [1.807, 2.05) is 78.9 Å². The summed E-state index contributed by atoms with van der Waals surface area (Å²) in [5.74, 6) is 0.120. The molecule has 2 amide bonds. The molecule has 0 spiro atoms. The van der Waals surface area contributed by atoms with E-state index in [0.29, 0.717) is 17.3 Å². The fourth-order valence-corrected chi connectivity index (χ4v) is 6.19. The lowest BCUT2D eigenvalue weighted by molar-refractivity contribution is -0.268. The molecular formula is C33H38N6O6S. The van der Waals surface area contributed by atoms with E-state index in [2.05, 4.69) is 33.1 Å². The summed E-state index contributed by atoms with van der Waals surface area (Å²) < 4.78 is 19.6. The number of nitrogens with one attached hydrogen (secondary N) is 2. The van der Waals surface area contributed by atoms with Gasteiger partial charge in [0.1, 0.15) is 6.04 Å². The van der Waals surface area contributed by atoms with Gasteiger partial charge in [0, 0.05) is 37.2 Å². The van der Waals surface area contributed by atoms with Gasteiger partial charge >= 0.3 is 12.0 Å². The predicted molar refractivity (Wildman–Crippen MR) is 170 cm³/mol. The fraction of sp³-hybridized carbons (Fsp3) is 0.364. The number of aryl methyl sites for hydroxylation is 1. The molecule has 0 aliphatic carbocycles. The summed E-state index contributed by atoms with van der Waals surface area (Å²) in [6.07, 6.45) is -0.743. The highest BCUT2D eigenvalue weighted by Crippen LogP contribution is 2.42. The average molecular weight is 647 g/mol. The number of carbonyl (C=O) groups is 2. The topological polar surface area (TPSA) is 150 Å². The standard InChI is InChI=1S/C33H38N6O6S/c1-21-28(20-46-33-36-37-38-39(33)2)44-31(45-29(21)25-13-11-24(19-40)12-14-25)26-15-9-23(10-16-26)18-34-32(42)35-27(30(41)43-3)17-22-7-5-4-6-8-22/h4-16,21,27-29,31,40H,17-20H2,1-3H3,(H2,34,35,42)/t21-,27-,28+,29+,31+/m0/s1. The molecule has 5 atom stereocenters. The Morgan fingerprint density at radius 3 is 2.33 bits per heavy atom. The van der Waals surface area contributed by atoms with Crippen molar-refractivity contribution in [1.29, 1.82) is 0 Å². The molecule has 2 heterocycles. The summed E-state index contributed by atoms with van der Waals surface area (Å²) >= 11 is 1.52. The van der Waals surface area contributed by atoms with Crippen molar-refractivity contribution in [1.82, 2.24) is 30.8 Å². The molecule has 1 aliphatic heterocycles. The number of benzene rings is 3. The number of aromatic nitrogens is 4. The Hall–Kier alpha value is -4.30. The molecule has 5 rings (SSSR count). The molecule has 3 N–H and O–H groups in total. The number of hydrogen-bond acceptors (Lipinski definition) is 10. The monoisotopic (exact) mass is 646 g/mol. The number of tetrazole rings is 1. The van der Waals surface area contributed by atoms with Gasteiger partial charge in [-0.05, 0) is 32.7 Å². The zero-order chi connectivity index (χ0) is 32.5. The molecule has 1 saturated heterocycles. The van der Waals surface area contributed by atoms with E-state index in [4.69, 9.17) is 14.2 Å². The minimum atomic E-state index is -0.818. The quantitative estimate of drug-likeness (QED) is 0.153. The number of aliphatic hydroxyl groups is 1. The highest BCUT2D eigenvalue weighted by Gasteiger charge is 2.38. The molecule has 0 bridgehead atoms. The maximum absolute atomic E-state index is 12.7. The van der Waals surface area contributed by atoms with E-state index in [1.54, 1.807) is 11.7 Å². The third-order valence-electron chi connectivity index (χ3n) is 7.86. The number of amides is 2. The second-order valence-corrected chi connectivity index (χ2v) is 12.0. The van der Waals surface area contributed by atoms with Crippen molar-refractivity contribution in [3.05, 3.63) is 107 Å². The van der Waals surface area contributed by atoms with Gasteiger partial charge in [-0.25, -0.2) is 14.3 Å². The number of esters is 1. The molecule has 46 heavy (non-hydrogen) atoms. The maximum Gasteiger partial charge on any atom is 0.328 e. The number of hydrogen-bond donors (Lipinski definition) is 3. The molecule has 0 unspecified atom stereocenters. The average Bonchev–Trinajstić information content (AvgIpc) is 3.51. The summed E-state index contributed by atoms with van der Waals surface area (Å²) in [7, 11) is 3.10. The Morgan fingerprint density at radius 2 is 1.67 bits per heavy atom. The van der Waals surface area contributed by atoms with E-state index in [9.17, 15) is 14.7 Å². The Balaban J connectivity index is 1.23. The molecule has 12 nitrogen and oxygen atoms in total. The lowest BCUT2D eigenvalue weighted by Gasteiger charge is -2.41. The van der Waals surface area contributed by atoms with Crippen LogP contribution in [0.5, 0.6) is 0 Å². The summed E-state index contributed by atoms with van der Waals surface area (Å²) in [5, 5.41) is 27.5. The van der Waals surface area contributed by atoms with Gasteiger partial charge in [0.15, 0.2) is 6.29 Å². The second kappa shape index (κ2) is 15.8. The summed E-state index contributed by atoms with van der Waals surface area (Å²) in [5.41, 5.74) is 4.43. The van der Waals surface area contributed by atoms with Crippen molar-refractivity contribution in [2.75, 3.05) is 12.9 Å². The number of nitrogens with zero attached hydrogens (tertiary/aromatic N) is 4. The number of methoxy groups -OCH3 is 1. The van der Waals surface area contributed by atoms with Gasteiger partial charge < -0.3 is 30.0 Å². The van der Waals surface area contributed by atoms with E-state index in [0.717, 1.165) is 27.8 Å². The van der Waals surface area contributed by atoms with Crippen LogP contribution in [0.15, 0.2) is 84.0 Å². The van der Waals surface area contributed by atoms with Crippen LogP contribution in [0, 0.1) is 5.92 Å². The predicted octanol–water partition coefficient (Wildman–Crippen LogP) is 3.87. The van der Waals surface area contributed by atoms with Crippen LogP contribution in [0.3, 0.4) is 0 Å². The molecule has 242 valence electrons. The molecule has 1 aromatic heterocycles. The normalized spacial score (nSPS) is 20.1. The van der Waals surface area contributed by atoms with Gasteiger partial charge in [0.2, 0.25) is 5.16 Å². The van der Waals surface area contributed by atoms with Gasteiger partial charge in [-0.15, -0.1) is 5.10 Å². The molecule has 1 fully saturated rings. The number of ether oxygens (including phenoxy) is 3. The van der Waals surface area contributed by atoms with Gasteiger partial charge in [-0.1, -0.05) is 97.5 Å². The molecular weight excluding hydrogens is 608 g/mol. The molecule has 3 aromatic carbocycles. The van der Waals surface area contributed by atoms with Crippen LogP contribution in [0.1, 0.15) is 47.1 Å². The highest BCUT2D eigenvalue weighted by molar-refractivity contribution is 7.99. The van der Waals surface area contributed by atoms with Crippen LogP contribution in [-0.4, -0.2) is 62.3 Å². The number of carbonyl (C=O) groups excluding carboxylic acids is 2. The SMILES string of the molecule is COC(=O)[C@H](Cc1ccccc1)NC(=O)NCc1ccc([C@@H]2O[C@H](CSc3nnnn3C)[C@H](C)[C@H](c3ccc(CO)cc3)O2)cc1.